The Hall–Kier alpha value is -1.39. The van der Waals surface area contributed by atoms with Crippen molar-refractivity contribution in [2.75, 3.05) is 39.8 Å². The molecule has 2 aliphatic heterocycles. The van der Waals surface area contributed by atoms with Crippen molar-refractivity contribution in [3.05, 3.63) is 35.9 Å². The average molecular weight is 287 g/mol. The standard InChI is InChI=1S/C17H25N3O/c1-13-10-18-11-15(13)17(21)20-9-8-19(2)12-16(20)14-6-4-3-5-7-14/h3-7,13,15-16,18H,8-12H2,1-2H3. The molecular formula is C17H25N3O. The lowest BCUT2D eigenvalue weighted by Gasteiger charge is -2.41. The maximum Gasteiger partial charge on any atom is 0.227 e. The number of hydrogen-bond acceptors (Lipinski definition) is 3. The van der Waals surface area contributed by atoms with Gasteiger partial charge in [0.25, 0.3) is 0 Å². The third-order valence-electron chi connectivity index (χ3n) is 4.89. The number of carbonyl (C=O) groups is 1. The molecule has 1 aromatic carbocycles. The molecule has 1 amide bonds. The fourth-order valence-electron chi connectivity index (χ4n) is 3.50. The van der Waals surface area contributed by atoms with Crippen LogP contribution in [0.2, 0.25) is 0 Å². The van der Waals surface area contributed by atoms with E-state index in [0.29, 0.717) is 11.8 Å². The van der Waals surface area contributed by atoms with Gasteiger partial charge in [-0.05, 0) is 25.1 Å². The van der Waals surface area contributed by atoms with Gasteiger partial charge < -0.3 is 15.1 Å². The summed E-state index contributed by atoms with van der Waals surface area (Å²) in [6.07, 6.45) is 0. The molecule has 2 heterocycles. The molecule has 0 aromatic heterocycles. The number of nitrogens with zero attached hydrogens (tertiary/aromatic N) is 2. The van der Waals surface area contributed by atoms with Crippen molar-refractivity contribution >= 4 is 5.91 Å². The summed E-state index contributed by atoms with van der Waals surface area (Å²) in [4.78, 5) is 17.4. The molecule has 0 saturated carbocycles. The maximum atomic E-state index is 13.0. The van der Waals surface area contributed by atoms with Gasteiger partial charge in [-0.1, -0.05) is 37.3 Å². The summed E-state index contributed by atoms with van der Waals surface area (Å²) in [6, 6.07) is 10.6. The van der Waals surface area contributed by atoms with E-state index in [2.05, 4.69) is 53.4 Å². The summed E-state index contributed by atoms with van der Waals surface area (Å²) < 4.78 is 0. The molecule has 2 fully saturated rings. The molecule has 3 rings (SSSR count). The van der Waals surface area contributed by atoms with Gasteiger partial charge in [-0.15, -0.1) is 0 Å². The smallest absolute Gasteiger partial charge is 0.227 e. The molecule has 0 bridgehead atoms. The van der Waals surface area contributed by atoms with E-state index in [0.717, 1.165) is 32.7 Å². The highest BCUT2D eigenvalue weighted by molar-refractivity contribution is 5.80. The summed E-state index contributed by atoms with van der Waals surface area (Å²) in [5.41, 5.74) is 1.25. The number of benzene rings is 1. The Bertz CT molecular complexity index is 490. The SMILES string of the molecule is CC1CNCC1C(=O)N1CCN(C)CC1c1ccccc1. The monoisotopic (exact) mass is 287 g/mol. The molecule has 21 heavy (non-hydrogen) atoms. The summed E-state index contributed by atoms with van der Waals surface area (Å²) in [5, 5.41) is 3.35. The summed E-state index contributed by atoms with van der Waals surface area (Å²) in [5.74, 6) is 0.905. The van der Waals surface area contributed by atoms with Crippen LogP contribution in [0.3, 0.4) is 0 Å². The quantitative estimate of drug-likeness (QED) is 0.892. The van der Waals surface area contributed by atoms with Crippen LogP contribution in [0.1, 0.15) is 18.5 Å². The molecule has 0 radical (unpaired) electrons. The highest BCUT2D eigenvalue weighted by Gasteiger charge is 2.37. The summed E-state index contributed by atoms with van der Waals surface area (Å²) in [6.45, 7) is 6.68. The highest BCUT2D eigenvalue weighted by atomic mass is 16.2. The lowest BCUT2D eigenvalue weighted by atomic mass is 9.94. The Labute approximate surface area is 127 Å². The van der Waals surface area contributed by atoms with Crippen molar-refractivity contribution in [3.63, 3.8) is 0 Å². The van der Waals surface area contributed by atoms with Crippen LogP contribution >= 0.6 is 0 Å². The van der Waals surface area contributed by atoms with Gasteiger partial charge in [0.15, 0.2) is 0 Å². The molecule has 4 nitrogen and oxygen atoms in total. The number of carbonyl (C=O) groups excluding carboxylic acids is 1. The predicted octanol–water partition coefficient (Wildman–Crippen LogP) is 1.36. The number of nitrogens with one attached hydrogen (secondary N) is 1. The molecule has 2 saturated heterocycles. The summed E-state index contributed by atoms with van der Waals surface area (Å²) in [7, 11) is 2.14. The molecule has 0 aliphatic carbocycles. The Balaban J connectivity index is 1.82. The first kappa shape index (κ1) is 14.5. The fourth-order valence-corrected chi connectivity index (χ4v) is 3.50. The Kier molecular flexibility index (Phi) is 4.27. The van der Waals surface area contributed by atoms with Crippen LogP contribution in [-0.4, -0.2) is 55.5 Å². The van der Waals surface area contributed by atoms with E-state index < -0.39 is 0 Å². The van der Waals surface area contributed by atoms with Gasteiger partial charge in [0, 0.05) is 26.2 Å². The topological polar surface area (TPSA) is 35.6 Å². The minimum atomic E-state index is 0.139. The lowest BCUT2D eigenvalue weighted by molar-refractivity contribution is -0.141. The molecule has 1 aromatic rings. The van der Waals surface area contributed by atoms with Crippen molar-refractivity contribution in [1.29, 1.82) is 0 Å². The average Bonchev–Trinajstić information content (AvgIpc) is 2.93. The van der Waals surface area contributed by atoms with Crippen LogP contribution in [0.4, 0.5) is 0 Å². The third-order valence-corrected chi connectivity index (χ3v) is 4.89. The van der Waals surface area contributed by atoms with Crippen molar-refractivity contribution in [2.45, 2.75) is 13.0 Å². The van der Waals surface area contributed by atoms with Crippen LogP contribution in [0.15, 0.2) is 30.3 Å². The van der Waals surface area contributed by atoms with Gasteiger partial charge >= 0.3 is 0 Å². The number of hydrogen-bond donors (Lipinski definition) is 1. The van der Waals surface area contributed by atoms with Gasteiger partial charge in [-0.25, -0.2) is 0 Å². The number of rotatable bonds is 2. The fraction of sp³-hybridized carbons (Fsp3) is 0.588. The first-order valence-electron chi connectivity index (χ1n) is 7.91. The van der Waals surface area contributed by atoms with Crippen molar-refractivity contribution < 1.29 is 4.79 Å². The van der Waals surface area contributed by atoms with E-state index in [4.69, 9.17) is 0 Å². The number of amides is 1. The Morgan fingerprint density at radius 3 is 2.62 bits per heavy atom. The van der Waals surface area contributed by atoms with Crippen LogP contribution in [0.5, 0.6) is 0 Å². The normalized spacial score (nSPS) is 30.6. The van der Waals surface area contributed by atoms with Gasteiger partial charge in [-0.2, -0.15) is 0 Å². The van der Waals surface area contributed by atoms with E-state index in [1.165, 1.54) is 5.56 Å². The van der Waals surface area contributed by atoms with Crippen molar-refractivity contribution in [3.8, 4) is 0 Å². The molecule has 0 spiro atoms. The number of piperazine rings is 1. The third kappa shape index (κ3) is 2.97. The van der Waals surface area contributed by atoms with Gasteiger partial charge in [0.05, 0.1) is 12.0 Å². The van der Waals surface area contributed by atoms with Gasteiger partial charge in [0.2, 0.25) is 5.91 Å². The predicted molar refractivity (Wildman–Crippen MR) is 83.9 cm³/mol. The number of likely N-dealkylation sites (N-methyl/N-ethyl adjacent to an activating group) is 1. The largest absolute Gasteiger partial charge is 0.333 e. The van der Waals surface area contributed by atoms with Crippen molar-refractivity contribution in [2.24, 2.45) is 11.8 Å². The lowest BCUT2D eigenvalue weighted by Crippen LogP contribution is -2.51. The van der Waals surface area contributed by atoms with E-state index in [1.54, 1.807) is 0 Å². The maximum absolute atomic E-state index is 13.0. The second-order valence-electron chi connectivity index (χ2n) is 6.46. The van der Waals surface area contributed by atoms with E-state index in [1.807, 2.05) is 6.07 Å². The van der Waals surface area contributed by atoms with Crippen LogP contribution in [0, 0.1) is 11.8 Å². The first-order chi connectivity index (χ1) is 10.2. The van der Waals surface area contributed by atoms with Gasteiger partial charge in [-0.3, -0.25) is 4.79 Å². The second kappa shape index (κ2) is 6.16. The molecule has 3 atom stereocenters. The molecule has 3 unspecified atom stereocenters. The minimum absolute atomic E-state index is 0.139. The zero-order valence-corrected chi connectivity index (χ0v) is 13.0. The summed E-state index contributed by atoms with van der Waals surface area (Å²) >= 11 is 0. The molecule has 2 aliphatic rings. The molecule has 114 valence electrons. The van der Waals surface area contributed by atoms with Crippen LogP contribution in [-0.2, 0) is 4.79 Å². The van der Waals surface area contributed by atoms with E-state index in [-0.39, 0.29) is 12.0 Å². The minimum Gasteiger partial charge on any atom is -0.333 e. The van der Waals surface area contributed by atoms with Crippen LogP contribution in [0.25, 0.3) is 0 Å². The van der Waals surface area contributed by atoms with Gasteiger partial charge in [0.1, 0.15) is 0 Å². The second-order valence-corrected chi connectivity index (χ2v) is 6.46. The Morgan fingerprint density at radius 1 is 1.19 bits per heavy atom. The highest BCUT2D eigenvalue weighted by Crippen LogP contribution is 2.29. The zero-order chi connectivity index (χ0) is 14.8. The molecule has 4 heteroatoms. The molecular weight excluding hydrogens is 262 g/mol. The Morgan fingerprint density at radius 2 is 1.95 bits per heavy atom. The van der Waals surface area contributed by atoms with Crippen molar-refractivity contribution in [1.82, 2.24) is 15.1 Å². The first-order valence-corrected chi connectivity index (χ1v) is 7.91. The molecule has 1 N–H and O–H groups in total. The zero-order valence-electron chi connectivity index (χ0n) is 13.0. The van der Waals surface area contributed by atoms with Crippen LogP contribution < -0.4 is 5.32 Å². The van der Waals surface area contributed by atoms with E-state index in [9.17, 15) is 4.79 Å². The van der Waals surface area contributed by atoms with E-state index >= 15 is 0 Å².